The molecule has 6 nitrogen and oxygen atoms in total. The summed E-state index contributed by atoms with van der Waals surface area (Å²) in [5.74, 6) is 0.118. The van der Waals surface area contributed by atoms with E-state index >= 15 is 0 Å². The maximum absolute atomic E-state index is 12.1. The second-order valence-corrected chi connectivity index (χ2v) is 8.81. The number of amides is 1. The zero-order valence-electron chi connectivity index (χ0n) is 15.4. The summed E-state index contributed by atoms with van der Waals surface area (Å²) in [6, 6.07) is 7.82. The zero-order chi connectivity index (χ0) is 18.4. The first kappa shape index (κ1) is 19.9. The molecule has 1 aromatic carbocycles. The molecule has 1 aromatic rings. The fraction of sp³-hybridized carbons (Fsp3) is 0.611. The van der Waals surface area contributed by atoms with Gasteiger partial charge < -0.3 is 5.32 Å². The number of rotatable bonds is 7. The molecule has 1 aliphatic heterocycles. The van der Waals surface area contributed by atoms with Gasteiger partial charge in [0.15, 0.2) is 0 Å². The summed E-state index contributed by atoms with van der Waals surface area (Å²) in [6.07, 6.45) is 0.906. The molecule has 0 saturated carbocycles. The van der Waals surface area contributed by atoms with Crippen LogP contribution in [-0.4, -0.2) is 61.5 Å². The van der Waals surface area contributed by atoms with Gasteiger partial charge >= 0.3 is 0 Å². The highest BCUT2D eigenvalue weighted by molar-refractivity contribution is 7.89. The van der Waals surface area contributed by atoms with Crippen LogP contribution in [0.1, 0.15) is 43.1 Å². The third-order valence-electron chi connectivity index (χ3n) is 4.70. The summed E-state index contributed by atoms with van der Waals surface area (Å²) < 4.78 is 25.4. The second-order valence-electron chi connectivity index (χ2n) is 6.56. The van der Waals surface area contributed by atoms with Crippen LogP contribution in [0.25, 0.3) is 0 Å². The molecule has 1 saturated heterocycles. The van der Waals surface area contributed by atoms with Crippen LogP contribution in [0.5, 0.6) is 0 Å². The van der Waals surface area contributed by atoms with Gasteiger partial charge in [-0.1, -0.05) is 19.1 Å². The third kappa shape index (κ3) is 5.52. The van der Waals surface area contributed by atoms with Crippen molar-refractivity contribution in [2.45, 2.75) is 39.8 Å². The Balaban J connectivity index is 1.87. The molecule has 0 bridgehead atoms. The maximum Gasteiger partial charge on any atom is 0.251 e. The first-order valence-electron chi connectivity index (χ1n) is 8.95. The highest BCUT2D eigenvalue weighted by Gasteiger charge is 2.25. The number of hydrogen-bond donors (Lipinski definition) is 1. The van der Waals surface area contributed by atoms with E-state index in [1.54, 1.807) is 11.2 Å². The summed E-state index contributed by atoms with van der Waals surface area (Å²) in [5.41, 5.74) is 1.80. The van der Waals surface area contributed by atoms with Crippen molar-refractivity contribution in [3.8, 4) is 0 Å². The van der Waals surface area contributed by atoms with Crippen molar-refractivity contribution in [2.24, 2.45) is 0 Å². The van der Waals surface area contributed by atoms with Gasteiger partial charge in [-0.2, -0.15) is 4.31 Å². The Hall–Kier alpha value is -1.44. The minimum absolute atomic E-state index is 0.0423. The van der Waals surface area contributed by atoms with Gasteiger partial charge in [-0.3, -0.25) is 9.69 Å². The van der Waals surface area contributed by atoms with Crippen LogP contribution in [-0.2, 0) is 16.6 Å². The average molecular weight is 368 g/mol. The van der Waals surface area contributed by atoms with E-state index in [0.717, 1.165) is 31.6 Å². The molecule has 1 unspecified atom stereocenters. The molecule has 0 radical (unpaired) electrons. The van der Waals surface area contributed by atoms with Gasteiger partial charge in [-0.05, 0) is 38.0 Å². The fourth-order valence-electron chi connectivity index (χ4n) is 2.78. The molecule has 2 rings (SSSR count). The van der Waals surface area contributed by atoms with Crippen molar-refractivity contribution in [1.82, 2.24) is 14.5 Å². The van der Waals surface area contributed by atoms with E-state index in [2.05, 4.69) is 10.2 Å². The van der Waals surface area contributed by atoms with Crippen LogP contribution in [0.15, 0.2) is 24.3 Å². The van der Waals surface area contributed by atoms with Crippen LogP contribution in [0.2, 0.25) is 0 Å². The normalized spacial score (nSPS) is 18.0. The first-order chi connectivity index (χ1) is 11.9. The van der Waals surface area contributed by atoms with Crippen molar-refractivity contribution >= 4 is 15.9 Å². The molecule has 0 spiro atoms. The Kier molecular flexibility index (Phi) is 6.98. The molecule has 1 aliphatic rings. The molecule has 1 heterocycles. The number of benzene rings is 1. The predicted octanol–water partition coefficient (Wildman–Crippen LogP) is 1.68. The number of hydrogen-bond acceptors (Lipinski definition) is 4. The lowest BCUT2D eigenvalue weighted by atomic mass is 10.1. The number of nitrogens with one attached hydrogen (secondary N) is 1. The van der Waals surface area contributed by atoms with E-state index < -0.39 is 10.0 Å². The van der Waals surface area contributed by atoms with E-state index in [4.69, 9.17) is 0 Å². The average Bonchev–Trinajstić information content (AvgIpc) is 2.62. The minimum Gasteiger partial charge on any atom is -0.350 e. The van der Waals surface area contributed by atoms with Gasteiger partial charge in [-0.25, -0.2) is 8.42 Å². The topological polar surface area (TPSA) is 69.7 Å². The molecule has 25 heavy (non-hydrogen) atoms. The Labute approximate surface area is 151 Å². The number of carbonyl (C=O) groups is 1. The van der Waals surface area contributed by atoms with Crippen LogP contribution in [0.3, 0.4) is 0 Å². The fourth-order valence-corrected chi connectivity index (χ4v) is 3.86. The van der Waals surface area contributed by atoms with Crippen molar-refractivity contribution < 1.29 is 13.2 Å². The summed E-state index contributed by atoms with van der Waals surface area (Å²) in [5, 5.41) is 2.96. The van der Waals surface area contributed by atoms with Crippen LogP contribution in [0, 0.1) is 0 Å². The van der Waals surface area contributed by atoms with Gasteiger partial charge in [0.2, 0.25) is 10.0 Å². The second kappa shape index (κ2) is 8.78. The monoisotopic (exact) mass is 367 g/mol. The minimum atomic E-state index is -3.08. The smallest absolute Gasteiger partial charge is 0.251 e. The van der Waals surface area contributed by atoms with Crippen molar-refractivity contribution in [2.75, 3.05) is 31.9 Å². The highest BCUT2D eigenvalue weighted by Crippen LogP contribution is 2.12. The molecule has 1 atom stereocenters. The lowest BCUT2D eigenvalue weighted by Gasteiger charge is -2.33. The van der Waals surface area contributed by atoms with Crippen LogP contribution in [0.4, 0.5) is 0 Å². The Bertz CT molecular complexity index is 665. The maximum atomic E-state index is 12.1. The highest BCUT2D eigenvalue weighted by atomic mass is 32.2. The van der Waals surface area contributed by atoms with Gasteiger partial charge in [0, 0.05) is 44.3 Å². The third-order valence-corrected chi connectivity index (χ3v) is 6.58. The molecule has 0 aliphatic carbocycles. The van der Waals surface area contributed by atoms with Gasteiger partial charge in [0.25, 0.3) is 5.91 Å². The van der Waals surface area contributed by atoms with Crippen LogP contribution < -0.4 is 5.32 Å². The summed E-state index contributed by atoms with van der Waals surface area (Å²) in [6.45, 7) is 9.04. The van der Waals surface area contributed by atoms with E-state index in [9.17, 15) is 13.2 Å². The number of nitrogens with zero attached hydrogens (tertiary/aromatic N) is 2. The lowest BCUT2D eigenvalue weighted by molar-refractivity contribution is 0.0939. The van der Waals surface area contributed by atoms with Gasteiger partial charge in [-0.15, -0.1) is 0 Å². The van der Waals surface area contributed by atoms with E-state index in [1.165, 1.54) is 0 Å². The quantitative estimate of drug-likeness (QED) is 0.796. The van der Waals surface area contributed by atoms with E-state index in [0.29, 0.717) is 18.7 Å². The lowest BCUT2D eigenvalue weighted by Crippen LogP contribution is -2.48. The molecule has 1 fully saturated rings. The Morgan fingerprint density at radius 2 is 1.72 bits per heavy atom. The molecule has 0 aromatic heterocycles. The van der Waals surface area contributed by atoms with Crippen molar-refractivity contribution in [3.63, 3.8) is 0 Å². The SMILES string of the molecule is CCC(C)NC(=O)c1ccc(CN2CCN(S(=O)(=O)CC)CC2)cc1. The largest absolute Gasteiger partial charge is 0.350 e. The van der Waals surface area contributed by atoms with Crippen molar-refractivity contribution in [1.29, 1.82) is 0 Å². The summed E-state index contributed by atoms with van der Waals surface area (Å²) in [7, 11) is -3.08. The molecule has 7 heteroatoms. The summed E-state index contributed by atoms with van der Waals surface area (Å²) >= 11 is 0. The molecular formula is C18H29N3O3S. The standard InChI is InChI=1S/C18H29N3O3S/c1-4-15(3)19-18(22)17-8-6-16(7-9-17)14-20-10-12-21(13-11-20)25(23,24)5-2/h6-9,15H,4-5,10-14H2,1-3H3,(H,19,22). The number of piperazine rings is 1. The van der Waals surface area contributed by atoms with Gasteiger partial charge in [0.1, 0.15) is 0 Å². The first-order valence-corrected chi connectivity index (χ1v) is 10.6. The van der Waals surface area contributed by atoms with Crippen LogP contribution >= 0.6 is 0 Å². The Morgan fingerprint density at radius 1 is 1.12 bits per heavy atom. The molecule has 1 amide bonds. The predicted molar refractivity (Wildman–Crippen MR) is 100.0 cm³/mol. The number of sulfonamides is 1. The summed E-state index contributed by atoms with van der Waals surface area (Å²) in [4.78, 5) is 14.3. The molecule has 140 valence electrons. The Morgan fingerprint density at radius 3 is 2.24 bits per heavy atom. The molecule has 1 N–H and O–H groups in total. The van der Waals surface area contributed by atoms with Crippen molar-refractivity contribution in [3.05, 3.63) is 35.4 Å². The number of carbonyl (C=O) groups excluding carboxylic acids is 1. The molecular weight excluding hydrogens is 338 g/mol. The van der Waals surface area contributed by atoms with E-state index in [1.807, 2.05) is 38.1 Å². The van der Waals surface area contributed by atoms with E-state index in [-0.39, 0.29) is 17.7 Å². The zero-order valence-corrected chi connectivity index (χ0v) is 16.2. The van der Waals surface area contributed by atoms with Gasteiger partial charge in [0.05, 0.1) is 5.75 Å².